The molecule has 1 rings (SSSR count). The second-order valence-corrected chi connectivity index (χ2v) is 3.97. The highest BCUT2D eigenvalue weighted by Gasteiger charge is 2.31. The van der Waals surface area contributed by atoms with Crippen LogP contribution in [0.15, 0.2) is 24.3 Å². The minimum Gasteiger partial charge on any atom is -0.449 e. The van der Waals surface area contributed by atoms with Crippen LogP contribution in [0.4, 0.5) is 18.0 Å². The van der Waals surface area contributed by atoms with Crippen LogP contribution in [0.2, 0.25) is 0 Å². The van der Waals surface area contributed by atoms with E-state index in [1.807, 2.05) is 0 Å². The molecule has 3 N–H and O–H groups in total. The lowest BCUT2D eigenvalue weighted by Crippen LogP contribution is -2.42. The molecule has 10 heteroatoms. The Hall–Kier alpha value is -2.78. The molecule has 1 aromatic rings. The number of imide groups is 1. The standard InChI is InChI=1S/C12H11F3N2O5/c1-6(9(18)17-11(16)20)21-10(19)7-2-4-8(5-3-7)22-12(13,14)15/h2-6H,1H3,(H3,16,17,18,20). The molecule has 1 aromatic carbocycles. The topological polar surface area (TPSA) is 108 Å². The number of urea groups is 1. The molecule has 0 bridgehead atoms. The quantitative estimate of drug-likeness (QED) is 0.814. The van der Waals surface area contributed by atoms with Crippen LogP contribution < -0.4 is 15.8 Å². The predicted octanol–water partition coefficient (Wildman–Crippen LogP) is 1.33. The Morgan fingerprint density at radius 2 is 1.73 bits per heavy atom. The maximum Gasteiger partial charge on any atom is 0.573 e. The van der Waals surface area contributed by atoms with Gasteiger partial charge in [0.05, 0.1) is 5.56 Å². The van der Waals surface area contributed by atoms with Gasteiger partial charge in [0.1, 0.15) is 5.75 Å². The SMILES string of the molecule is CC(OC(=O)c1ccc(OC(F)(F)F)cc1)C(=O)NC(N)=O. The van der Waals surface area contributed by atoms with Gasteiger partial charge in [0.15, 0.2) is 6.10 Å². The number of nitrogens with one attached hydrogen (secondary N) is 1. The monoisotopic (exact) mass is 320 g/mol. The zero-order valence-corrected chi connectivity index (χ0v) is 11.1. The number of halogens is 3. The van der Waals surface area contributed by atoms with Crippen molar-refractivity contribution in [1.29, 1.82) is 0 Å². The van der Waals surface area contributed by atoms with Crippen molar-refractivity contribution in [3.8, 4) is 5.75 Å². The summed E-state index contributed by atoms with van der Waals surface area (Å²) in [6.45, 7) is 1.19. The molecular weight excluding hydrogens is 309 g/mol. The highest BCUT2D eigenvalue weighted by molar-refractivity contribution is 5.98. The summed E-state index contributed by atoms with van der Waals surface area (Å²) >= 11 is 0. The molecule has 0 saturated heterocycles. The van der Waals surface area contributed by atoms with E-state index in [0.29, 0.717) is 0 Å². The highest BCUT2D eigenvalue weighted by Crippen LogP contribution is 2.22. The summed E-state index contributed by atoms with van der Waals surface area (Å²) in [7, 11) is 0. The van der Waals surface area contributed by atoms with E-state index in [9.17, 15) is 27.6 Å². The van der Waals surface area contributed by atoms with Crippen molar-refractivity contribution in [2.45, 2.75) is 19.4 Å². The van der Waals surface area contributed by atoms with Gasteiger partial charge in [0, 0.05) is 0 Å². The molecule has 0 radical (unpaired) electrons. The van der Waals surface area contributed by atoms with Gasteiger partial charge in [-0.15, -0.1) is 13.2 Å². The van der Waals surface area contributed by atoms with E-state index in [1.54, 1.807) is 5.32 Å². The third-order valence-electron chi connectivity index (χ3n) is 2.22. The summed E-state index contributed by atoms with van der Waals surface area (Å²) in [6.07, 6.45) is -6.16. The number of nitrogens with two attached hydrogens (primary N) is 1. The Bertz CT molecular complexity index is 571. The van der Waals surface area contributed by atoms with Gasteiger partial charge in [-0.2, -0.15) is 0 Å². The Morgan fingerprint density at radius 1 is 1.18 bits per heavy atom. The number of rotatable bonds is 4. The van der Waals surface area contributed by atoms with Gasteiger partial charge in [-0.05, 0) is 31.2 Å². The number of carbonyl (C=O) groups excluding carboxylic acids is 3. The molecule has 0 aliphatic heterocycles. The van der Waals surface area contributed by atoms with Crippen molar-refractivity contribution in [3.63, 3.8) is 0 Å². The van der Waals surface area contributed by atoms with Gasteiger partial charge in [-0.1, -0.05) is 0 Å². The van der Waals surface area contributed by atoms with E-state index in [0.717, 1.165) is 24.3 Å². The summed E-state index contributed by atoms with van der Waals surface area (Å²) < 4.78 is 44.3. The summed E-state index contributed by atoms with van der Waals surface area (Å²) in [5.41, 5.74) is 4.62. The lowest BCUT2D eigenvalue weighted by atomic mass is 10.2. The number of hydrogen-bond acceptors (Lipinski definition) is 5. The molecule has 1 unspecified atom stereocenters. The zero-order chi connectivity index (χ0) is 16.9. The van der Waals surface area contributed by atoms with E-state index in [1.165, 1.54) is 6.92 Å². The molecular formula is C12H11F3N2O5. The summed E-state index contributed by atoms with van der Waals surface area (Å²) in [4.78, 5) is 33.4. The largest absolute Gasteiger partial charge is 0.573 e. The van der Waals surface area contributed by atoms with Crippen LogP contribution in [0.3, 0.4) is 0 Å². The minimum atomic E-state index is -4.84. The van der Waals surface area contributed by atoms with Crippen molar-refractivity contribution >= 4 is 17.9 Å². The van der Waals surface area contributed by atoms with Gasteiger partial charge in [0.25, 0.3) is 5.91 Å². The predicted molar refractivity (Wildman–Crippen MR) is 65.7 cm³/mol. The van der Waals surface area contributed by atoms with Crippen LogP contribution in [-0.2, 0) is 9.53 Å². The zero-order valence-electron chi connectivity index (χ0n) is 11.1. The molecule has 22 heavy (non-hydrogen) atoms. The van der Waals surface area contributed by atoms with Gasteiger partial charge in [-0.25, -0.2) is 9.59 Å². The van der Waals surface area contributed by atoms with Gasteiger partial charge in [-0.3, -0.25) is 10.1 Å². The number of esters is 1. The van der Waals surface area contributed by atoms with Crippen molar-refractivity contribution in [1.82, 2.24) is 5.32 Å². The molecule has 0 aliphatic carbocycles. The molecule has 0 heterocycles. The number of primary amides is 1. The first-order chi connectivity index (χ1) is 10.1. The fourth-order valence-corrected chi connectivity index (χ4v) is 1.30. The number of alkyl halides is 3. The first-order valence-electron chi connectivity index (χ1n) is 5.75. The smallest absolute Gasteiger partial charge is 0.449 e. The summed E-state index contributed by atoms with van der Waals surface area (Å²) in [6, 6.07) is 2.78. The van der Waals surface area contributed by atoms with E-state index >= 15 is 0 Å². The molecule has 0 aromatic heterocycles. The highest BCUT2D eigenvalue weighted by atomic mass is 19.4. The molecule has 7 nitrogen and oxygen atoms in total. The third kappa shape index (κ3) is 5.69. The van der Waals surface area contributed by atoms with Gasteiger partial charge < -0.3 is 15.2 Å². The molecule has 3 amide bonds. The van der Waals surface area contributed by atoms with E-state index < -0.39 is 36.1 Å². The minimum absolute atomic E-state index is 0.103. The summed E-state index contributed by atoms with van der Waals surface area (Å²) in [5.74, 6) is -2.41. The van der Waals surface area contributed by atoms with E-state index in [2.05, 4.69) is 4.74 Å². The molecule has 0 aliphatic rings. The Balaban J connectivity index is 2.66. The lowest BCUT2D eigenvalue weighted by molar-refractivity contribution is -0.274. The molecule has 0 saturated carbocycles. The molecule has 0 fully saturated rings. The van der Waals surface area contributed by atoms with Crippen molar-refractivity contribution < 1.29 is 37.0 Å². The van der Waals surface area contributed by atoms with Crippen molar-refractivity contribution in [3.05, 3.63) is 29.8 Å². The van der Waals surface area contributed by atoms with Crippen LogP contribution >= 0.6 is 0 Å². The first kappa shape index (κ1) is 17.3. The fourth-order valence-electron chi connectivity index (χ4n) is 1.30. The maximum absolute atomic E-state index is 12.0. The lowest BCUT2D eigenvalue weighted by Gasteiger charge is -2.12. The Labute approximate surface area is 122 Å². The maximum atomic E-state index is 12.0. The molecule has 0 spiro atoms. The summed E-state index contributed by atoms with van der Waals surface area (Å²) in [5, 5.41) is 1.71. The number of ether oxygens (including phenoxy) is 2. The van der Waals surface area contributed by atoms with Gasteiger partial charge in [0.2, 0.25) is 0 Å². The Kier molecular flexibility index (Phi) is 5.33. The number of amides is 3. The van der Waals surface area contributed by atoms with Crippen LogP contribution in [0.25, 0.3) is 0 Å². The molecule has 120 valence electrons. The number of benzene rings is 1. The molecule has 1 atom stereocenters. The van der Waals surface area contributed by atoms with Crippen molar-refractivity contribution in [2.24, 2.45) is 5.73 Å². The van der Waals surface area contributed by atoms with Crippen LogP contribution in [0.1, 0.15) is 17.3 Å². The third-order valence-corrected chi connectivity index (χ3v) is 2.22. The normalized spacial score (nSPS) is 12.2. The first-order valence-corrected chi connectivity index (χ1v) is 5.75. The Morgan fingerprint density at radius 3 is 2.18 bits per heavy atom. The van der Waals surface area contributed by atoms with Gasteiger partial charge >= 0.3 is 18.4 Å². The second-order valence-electron chi connectivity index (χ2n) is 3.97. The van der Waals surface area contributed by atoms with Crippen molar-refractivity contribution in [2.75, 3.05) is 0 Å². The van der Waals surface area contributed by atoms with E-state index in [-0.39, 0.29) is 5.56 Å². The van der Waals surface area contributed by atoms with E-state index in [4.69, 9.17) is 10.5 Å². The fraction of sp³-hybridized carbons (Fsp3) is 0.250. The van der Waals surface area contributed by atoms with Crippen LogP contribution in [0, 0.1) is 0 Å². The number of carbonyl (C=O) groups is 3. The van der Waals surface area contributed by atoms with Crippen LogP contribution in [0.5, 0.6) is 5.75 Å². The average Bonchev–Trinajstić information content (AvgIpc) is 2.36. The van der Waals surface area contributed by atoms with Crippen LogP contribution in [-0.4, -0.2) is 30.4 Å². The number of hydrogen-bond donors (Lipinski definition) is 2. The average molecular weight is 320 g/mol. The second kappa shape index (κ2) is 6.78.